The molecule has 0 radical (unpaired) electrons. The highest BCUT2D eigenvalue weighted by Gasteiger charge is 2.17. The number of nitrogens with zero attached hydrogens (tertiary/aromatic N) is 3. The van der Waals surface area contributed by atoms with Gasteiger partial charge in [-0.1, -0.05) is 0 Å². The molecule has 1 aromatic heterocycles. The molecule has 0 atom stereocenters. The summed E-state index contributed by atoms with van der Waals surface area (Å²) >= 11 is 0. The van der Waals surface area contributed by atoms with Crippen LogP contribution in [-0.2, 0) is 6.54 Å². The highest BCUT2D eigenvalue weighted by Crippen LogP contribution is 2.28. The van der Waals surface area contributed by atoms with Gasteiger partial charge in [0.2, 0.25) is 0 Å². The Kier molecular flexibility index (Phi) is 4.17. The second kappa shape index (κ2) is 6.04. The average molecular weight is 291 g/mol. The molecule has 8 heteroatoms. The summed E-state index contributed by atoms with van der Waals surface area (Å²) in [6.45, 7) is 2.45. The molecule has 0 saturated carbocycles. The van der Waals surface area contributed by atoms with Gasteiger partial charge in [0.25, 0.3) is 0 Å². The fourth-order valence-electron chi connectivity index (χ4n) is 1.81. The van der Waals surface area contributed by atoms with Gasteiger partial charge in [0, 0.05) is 24.5 Å². The Morgan fingerprint density at radius 3 is 2.86 bits per heavy atom. The number of aromatic carboxylic acids is 1. The lowest BCUT2D eigenvalue weighted by Crippen LogP contribution is -2.10. The van der Waals surface area contributed by atoms with Gasteiger partial charge < -0.3 is 14.4 Å². The number of carboxylic acids is 1. The van der Waals surface area contributed by atoms with Crippen molar-refractivity contribution in [2.24, 2.45) is 0 Å². The van der Waals surface area contributed by atoms with Crippen molar-refractivity contribution in [2.45, 2.75) is 13.5 Å². The Morgan fingerprint density at radius 2 is 2.29 bits per heavy atom. The van der Waals surface area contributed by atoms with E-state index in [0.29, 0.717) is 6.54 Å². The van der Waals surface area contributed by atoms with Gasteiger partial charge in [0.15, 0.2) is 5.75 Å². The third-order valence-electron chi connectivity index (χ3n) is 2.92. The molecule has 1 heterocycles. The van der Waals surface area contributed by atoms with E-state index >= 15 is 0 Å². The summed E-state index contributed by atoms with van der Waals surface area (Å²) in [4.78, 5) is 25.3. The molecule has 2 rings (SSSR count). The van der Waals surface area contributed by atoms with Crippen molar-refractivity contribution in [3.63, 3.8) is 0 Å². The molecule has 21 heavy (non-hydrogen) atoms. The quantitative estimate of drug-likeness (QED) is 0.643. The zero-order valence-corrected chi connectivity index (χ0v) is 11.2. The van der Waals surface area contributed by atoms with Gasteiger partial charge in [-0.2, -0.15) is 0 Å². The zero-order valence-electron chi connectivity index (χ0n) is 11.2. The maximum absolute atomic E-state index is 10.9. The Labute approximate surface area is 119 Å². The van der Waals surface area contributed by atoms with Crippen molar-refractivity contribution >= 4 is 11.7 Å². The number of hydrogen-bond acceptors (Lipinski definition) is 5. The van der Waals surface area contributed by atoms with E-state index in [-0.39, 0.29) is 23.6 Å². The van der Waals surface area contributed by atoms with Crippen LogP contribution in [0.25, 0.3) is 0 Å². The van der Waals surface area contributed by atoms with Crippen molar-refractivity contribution in [3.8, 4) is 5.75 Å². The third kappa shape index (κ3) is 3.35. The number of ether oxygens (including phenoxy) is 1. The van der Waals surface area contributed by atoms with Gasteiger partial charge in [-0.05, 0) is 13.0 Å². The first kappa shape index (κ1) is 14.5. The van der Waals surface area contributed by atoms with E-state index < -0.39 is 10.9 Å². The van der Waals surface area contributed by atoms with Gasteiger partial charge in [-0.15, -0.1) is 0 Å². The summed E-state index contributed by atoms with van der Waals surface area (Å²) in [5.41, 5.74) is -0.322. The number of aromatic nitrogens is 2. The highest BCUT2D eigenvalue weighted by molar-refractivity contribution is 5.88. The summed E-state index contributed by atoms with van der Waals surface area (Å²) in [7, 11) is 0. The predicted molar refractivity (Wildman–Crippen MR) is 72.5 cm³/mol. The lowest BCUT2D eigenvalue weighted by Gasteiger charge is -2.09. The van der Waals surface area contributed by atoms with E-state index in [1.165, 1.54) is 6.07 Å². The zero-order chi connectivity index (χ0) is 15.4. The summed E-state index contributed by atoms with van der Waals surface area (Å²) in [6.07, 6.45) is 3.41. The average Bonchev–Trinajstić information content (AvgIpc) is 2.84. The smallest absolute Gasteiger partial charge is 0.335 e. The number of nitro groups is 1. The second-order valence-electron chi connectivity index (χ2n) is 4.26. The van der Waals surface area contributed by atoms with Gasteiger partial charge in [0.05, 0.1) is 17.0 Å². The monoisotopic (exact) mass is 291 g/mol. The van der Waals surface area contributed by atoms with Crippen molar-refractivity contribution in [1.82, 2.24) is 9.55 Å². The Balaban J connectivity index is 2.13. The SMILES string of the molecule is Cc1nccn1CCOc1cc(C(=O)O)ccc1[N+](=O)[O-]. The van der Waals surface area contributed by atoms with E-state index in [1.54, 1.807) is 12.4 Å². The van der Waals surface area contributed by atoms with Crippen molar-refractivity contribution in [3.05, 3.63) is 52.1 Å². The number of aryl methyl sites for hydroxylation is 1. The van der Waals surface area contributed by atoms with Crippen LogP contribution in [0.1, 0.15) is 16.2 Å². The molecule has 0 aliphatic rings. The van der Waals surface area contributed by atoms with Crippen LogP contribution in [0.2, 0.25) is 0 Å². The van der Waals surface area contributed by atoms with Crippen LogP contribution < -0.4 is 4.74 Å². The van der Waals surface area contributed by atoms with Gasteiger partial charge in [-0.3, -0.25) is 10.1 Å². The minimum absolute atomic E-state index is 0.0577. The Morgan fingerprint density at radius 1 is 1.52 bits per heavy atom. The number of imidazole rings is 1. The van der Waals surface area contributed by atoms with Crippen molar-refractivity contribution in [1.29, 1.82) is 0 Å². The molecule has 1 N–H and O–H groups in total. The summed E-state index contributed by atoms with van der Waals surface area (Å²) in [6, 6.07) is 3.45. The van der Waals surface area contributed by atoms with Gasteiger partial charge >= 0.3 is 11.7 Å². The molecule has 2 aromatic rings. The minimum atomic E-state index is -1.17. The van der Waals surface area contributed by atoms with Gasteiger partial charge in [0.1, 0.15) is 12.4 Å². The van der Waals surface area contributed by atoms with Crippen LogP contribution in [0.3, 0.4) is 0 Å². The fraction of sp³-hybridized carbons (Fsp3) is 0.231. The number of hydrogen-bond donors (Lipinski definition) is 1. The first-order valence-electron chi connectivity index (χ1n) is 6.11. The van der Waals surface area contributed by atoms with E-state index in [1.807, 2.05) is 11.5 Å². The molecule has 1 aromatic carbocycles. The van der Waals surface area contributed by atoms with Crippen molar-refractivity contribution in [2.75, 3.05) is 6.61 Å². The van der Waals surface area contributed by atoms with E-state index in [9.17, 15) is 14.9 Å². The molecule has 0 unspecified atom stereocenters. The summed E-state index contributed by atoms with van der Waals surface area (Å²) < 4.78 is 7.19. The molecule has 8 nitrogen and oxygen atoms in total. The van der Waals surface area contributed by atoms with Crippen LogP contribution in [0.15, 0.2) is 30.6 Å². The number of benzene rings is 1. The summed E-state index contributed by atoms with van der Waals surface area (Å²) in [5.74, 6) is -0.426. The van der Waals surface area contributed by atoms with Crippen LogP contribution >= 0.6 is 0 Å². The highest BCUT2D eigenvalue weighted by atomic mass is 16.6. The second-order valence-corrected chi connectivity index (χ2v) is 4.26. The van der Waals surface area contributed by atoms with Crippen LogP contribution in [-0.4, -0.2) is 32.2 Å². The molecule has 0 spiro atoms. The molecule has 0 bridgehead atoms. The largest absolute Gasteiger partial charge is 0.485 e. The molecule has 0 aliphatic carbocycles. The lowest BCUT2D eigenvalue weighted by atomic mass is 10.2. The third-order valence-corrected chi connectivity index (χ3v) is 2.92. The van der Waals surface area contributed by atoms with Gasteiger partial charge in [-0.25, -0.2) is 9.78 Å². The normalized spacial score (nSPS) is 10.3. The lowest BCUT2D eigenvalue weighted by molar-refractivity contribution is -0.385. The number of carboxylic acid groups (broad SMARTS) is 1. The number of rotatable bonds is 6. The molecule has 110 valence electrons. The maximum Gasteiger partial charge on any atom is 0.335 e. The summed E-state index contributed by atoms with van der Waals surface area (Å²) in [5, 5.41) is 19.8. The number of nitro benzene ring substituents is 1. The standard InChI is InChI=1S/C13H13N3O5/c1-9-14-4-5-15(9)6-7-21-12-8-10(13(17)18)2-3-11(12)16(19)20/h2-5,8H,6-7H2,1H3,(H,17,18). The molecular formula is C13H13N3O5. The van der Waals surface area contributed by atoms with Crippen molar-refractivity contribution < 1.29 is 19.6 Å². The first-order chi connectivity index (χ1) is 9.99. The maximum atomic E-state index is 10.9. The topological polar surface area (TPSA) is 107 Å². The number of carbonyl (C=O) groups is 1. The van der Waals surface area contributed by atoms with Crippen LogP contribution in [0.5, 0.6) is 5.75 Å². The molecule has 0 aliphatic heterocycles. The van der Waals surface area contributed by atoms with Crippen LogP contribution in [0, 0.1) is 17.0 Å². The fourth-order valence-corrected chi connectivity index (χ4v) is 1.81. The predicted octanol–water partition coefficient (Wildman–Crippen LogP) is 1.88. The molecular weight excluding hydrogens is 278 g/mol. The van der Waals surface area contributed by atoms with E-state index in [0.717, 1.165) is 18.0 Å². The van der Waals surface area contributed by atoms with Crippen LogP contribution in [0.4, 0.5) is 5.69 Å². The van der Waals surface area contributed by atoms with E-state index in [4.69, 9.17) is 9.84 Å². The van der Waals surface area contributed by atoms with E-state index in [2.05, 4.69) is 4.98 Å². The molecule has 0 amide bonds. The molecule has 0 saturated heterocycles. The minimum Gasteiger partial charge on any atom is -0.485 e. The first-order valence-corrected chi connectivity index (χ1v) is 6.11. The Bertz CT molecular complexity index is 680. The Hall–Kier alpha value is -2.90. The molecule has 0 fully saturated rings.